The van der Waals surface area contributed by atoms with Crippen molar-refractivity contribution in [2.75, 3.05) is 24.2 Å². The molecule has 2 aliphatic rings. The highest BCUT2D eigenvalue weighted by molar-refractivity contribution is 6.42. The largest absolute Gasteiger partial charge is 0.325 e. The first-order valence-corrected chi connectivity index (χ1v) is 13.6. The molecule has 0 unspecified atom stereocenters. The number of likely N-dealkylation sites (tertiary alicyclic amines) is 1. The molecular weight excluding hydrogens is 546 g/mol. The van der Waals surface area contributed by atoms with Crippen molar-refractivity contribution in [1.82, 2.24) is 19.6 Å². The van der Waals surface area contributed by atoms with E-state index < -0.39 is 35.2 Å². The quantitative estimate of drug-likeness (QED) is 0.448. The van der Waals surface area contributed by atoms with Crippen LogP contribution in [0.4, 0.5) is 11.4 Å². The number of para-hydroxylation sites is 1. The zero-order valence-corrected chi connectivity index (χ0v) is 23.9. The molecule has 1 aromatic heterocycles. The van der Waals surface area contributed by atoms with E-state index in [0.29, 0.717) is 11.2 Å². The van der Waals surface area contributed by atoms with E-state index >= 15 is 0 Å². The number of hydrogen-bond acceptors (Lipinski definition) is 6. The third-order valence-corrected chi connectivity index (χ3v) is 8.15. The van der Waals surface area contributed by atoms with Gasteiger partial charge < -0.3 is 20.4 Å². The molecule has 5 rings (SSSR count). The van der Waals surface area contributed by atoms with Crippen LogP contribution in [-0.2, 0) is 31.6 Å². The van der Waals surface area contributed by atoms with E-state index in [1.807, 2.05) is 32.0 Å². The molecule has 0 bridgehead atoms. The Hall–Kier alpha value is -4.43. The summed E-state index contributed by atoms with van der Waals surface area (Å²) in [5.74, 6) is -2.66. The van der Waals surface area contributed by atoms with Crippen LogP contribution in [0.5, 0.6) is 0 Å². The second-order valence-electron chi connectivity index (χ2n) is 11.1. The van der Waals surface area contributed by atoms with E-state index in [0.717, 1.165) is 15.8 Å². The number of rotatable bonds is 5. The number of nitrogens with one attached hydrogen (secondary N) is 2. The fourth-order valence-corrected chi connectivity index (χ4v) is 6.00. The van der Waals surface area contributed by atoms with Crippen molar-refractivity contribution < 1.29 is 19.2 Å². The molecule has 12 heteroatoms. The van der Waals surface area contributed by atoms with E-state index in [1.165, 1.54) is 11.9 Å². The van der Waals surface area contributed by atoms with Crippen molar-refractivity contribution in [2.24, 2.45) is 13.0 Å². The number of benzene rings is 2. The van der Waals surface area contributed by atoms with Crippen molar-refractivity contribution in [3.63, 3.8) is 0 Å². The third kappa shape index (κ3) is 4.89. The molecule has 0 radical (unpaired) electrons. The molecule has 3 aromatic rings. The van der Waals surface area contributed by atoms with Gasteiger partial charge >= 0.3 is 11.8 Å². The maximum Gasteiger partial charge on any atom is 0.313 e. The van der Waals surface area contributed by atoms with E-state index in [4.69, 9.17) is 11.6 Å². The number of aromatic nitrogens is 2. The van der Waals surface area contributed by atoms with Crippen molar-refractivity contribution in [1.29, 1.82) is 5.26 Å². The summed E-state index contributed by atoms with van der Waals surface area (Å²) in [6.45, 7) is 3.79. The zero-order chi connectivity index (χ0) is 29.6. The standard InChI is InChI=1S/C29H30ClN7O4/c1-16(2)9-24(36(4)27(40)25(38)32-23-10-17-14-35(3)34-22(17)11-20(23)30)26(39)37-15-29(12-18(37)13-31)19-7-5-6-8-21(19)33-28(29)41/h5-8,10-11,14,16,18,24H,9,12,15H2,1-4H3,(H,32,38)(H,33,41)/t18-,24-,29-/m0/s1. The number of nitrogens with zero attached hydrogens (tertiary/aromatic N) is 5. The van der Waals surface area contributed by atoms with Crippen LogP contribution in [0.25, 0.3) is 10.9 Å². The minimum Gasteiger partial charge on any atom is -0.325 e. The lowest BCUT2D eigenvalue weighted by molar-refractivity contribution is -0.149. The first-order chi connectivity index (χ1) is 19.4. The Morgan fingerprint density at radius 1 is 1.29 bits per heavy atom. The van der Waals surface area contributed by atoms with Gasteiger partial charge in [-0.05, 0) is 36.1 Å². The fourth-order valence-electron chi connectivity index (χ4n) is 5.79. The van der Waals surface area contributed by atoms with Gasteiger partial charge in [-0.1, -0.05) is 43.6 Å². The Morgan fingerprint density at radius 2 is 2.02 bits per heavy atom. The summed E-state index contributed by atoms with van der Waals surface area (Å²) >= 11 is 6.33. The Balaban J connectivity index is 1.39. The van der Waals surface area contributed by atoms with Crippen molar-refractivity contribution in [2.45, 2.75) is 44.2 Å². The number of anilines is 2. The van der Waals surface area contributed by atoms with Crippen LogP contribution < -0.4 is 10.6 Å². The van der Waals surface area contributed by atoms with Crippen molar-refractivity contribution >= 4 is 57.5 Å². The lowest BCUT2D eigenvalue weighted by Gasteiger charge is -2.33. The molecule has 3 atom stereocenters. The van der Waals surface area contributed by atoms with Gasteiger partial charge in [0.2, 0.25) is 11.8 Å². The van der Waals surface area contributed by atoms with Crippen LogP contribution in [0.1, 0.15) is 32.3 Å². The molecule has 0 saturated carbocycles. The molecule has 2 aliphatic heterocycles. The van der Waals surface area contributed by atoms with E-state index in [9.17, 15) is 24.4 Å². The summed E-state index contributed by atoms with van der Waals surface area (Å²) < 4.78 is 1.61. The number of hydrogen-bond donors (Lipinski definition) is 2. The smallest absolute Gasteiger partial charge is 0.313 e. The minimum absolute atomic E-state index is 0.00351. The number of likely N-dealkylation sites (N-methyl/N-ethyl adjacent to an activating group) is 1. The SMILES string of the molecule is CC(C)C[C@@H](C(=O)N1C[C@]2(C[C@H]1C#N)C(=O)Nc1ccccc12)N(C)C(=O)C(=O)Nc1cc2cn(C)nc2cc1Cl. The normalized spacial score (nSPS) is 20.2. The van der Waals surface area contributed by atoms with Gasteiger partial charge in [0.1, 0.15) is 12.1 Å². The molecule has 4 amide bonds. The Morgan fingerprint density at radius 3 is 2.73 bits per heavy atom. The van der Waals surface area contributed by atoms with Gasteiger partial charge in [0.05, 0.1) is 27.7 Å². The lowest BCUT2D eigenvalue weighted by atomic mass is 9.80. The molecule has 0 aliphatic carbocycles. The molecule has 2 N–H and O–H groups in total. The number of halogens is 1. The third-order valence-electron chi connectivity index (χ3n) is 7.83. The maximum absolute atomic E-state index is 14.0. The first kappa shape index (κ1) is 28.1. The van der Waals surface area contributed by atoms with E-state index in [1.54, 1.807) is 36.1 Å². The summed E-state index contributed by atoms with van der Waals surface area (Å²) in [4.78, 5) is 56.1. The molecule has 1 spiro atoms. The van der Waals surface area contributed by atoms with Crippen LogP contribution in [-0.4, -0.2) is 68.9 Å². The summed E-state index contributed by atoms with van der Waals surface area (Å²) in [5, 5.41) is 20.6. The Kier molecular flexibility index (Phi) is 7.21. The van der Waals surface area contributed by atoms with Crippen LogP contribution >= 0.6 is 11.6 Å². The summed E-state index contributed by atoms with van der Waals surface area (Å²) in [6, 6.07) is 10.7. The number of carbonyl (C=O) groups is 4. The predicted molar refractivity (Wildman–Crippen MR) is 153 cm³/mol. The topological polar surface area (TPSA) is 140 Å². The average molecular weight is 576 g/mol. The van der Waals surface area contributed by atoms with Crippen molar-refractivity contribution in [3.05, 3.63) is 53.2 Å². The summed E-state index contributed by atoms with van der Waals surface area (Å²) in [5.41, 5.74) is 1.22. The van der Waals surface area contributed by atoms with Crippen LogP contribution in [0.3, 0.4) is 0 Å². The number of amides is 4. The molecular formula is C29H30ClN7O4. The van der Waals surface area contributed by atoms with Crippen LogP contribution in [0, 0.1) is 17.2 Å². The van der Waals surface area contributed by atoms with Crippen LogP contribution in [0.15, 0.2) is 42.6 Å². The van der Waals surface area contributed by atoms with Gasteiger partial charge in [0, 0.05) is 44.3 Å². The van der Waals surface area contributed by atoms with Gasteiger partial charge in [-0.2, -0.15) is 10.4 Å². The second kappa shape index (κ2) is 10.5. The van der Waals surface area contributed by atoms with Gasteiger partial charge in [0.15, 0.2) is 0 Å². The number of nitriles is 1. The number of aryl methyl sites for hydroxylation is 1. The highest BCUT2D eigenvalue weighted by Gasteiger charge is 2.56. The summed E-state index contributed by atoms with van der Waals surface area (Å²) in [6.07, 6.45) is 2.14. The van der Waals surface area contributed by atoms with Crippen LogP contribution in [0.2, 0.25) is 5.02 Å². The molecule has 1 fully saturated rings. The van der Waals surface area contributed by atoms with Gasteiger partial charge in [0.25, 0.3) is 0 Å². The highest BCUT2D eigenvalue weighted by atomic mass is 35.5. The second-order valence-corrected chi connectivity index (χ2v) is 11.5. The lowest BCUT2D eigenvalue weighted by Crippen LogP contribution is -2.53. The Labute approximate surface area is 242 Å². The molecule has 1 saturated heterocycles. The molecule has 11 nitrogen and oxygen atoms in total. The highest BCUT2D eigenvalue weighted by Crippen LogP contribution is 2.46. The minimum atomic E-state index is -1.06. The summed E-state index contributed by atoms with van der Waals surface area (Å²) in [7, 11) is 3.15. The Bertz CT molecular complexity index is 1630. The van der Waals surface area contributed by atoms with Gasteiger partial charge in [-0.15, -0.1) is 0 Å². The van der Waals surface area contributed by atoms with Gasteiger partial charge in [-0.25, -0.2) is 0 Å². The van der Waals surface area contributed by atoms with Crippen molar-refractivity contribution in [3.8, 4) is 6.07 Å². The molecule has 2 aromatic carbocycles. The maximum atomic E-state index is 14.0. The monoisotopic (exact) mass is 575 g/mol. The average Bonchev–Trinajstić information content (AvgIpc) is 3.58. The first-order valence-electron chi connectivity index (χ1n) is 13.3. The molecule has 3 heterocycles. The molecule has 212 valence electrons. The fraction of sp³-hybridized carbons (Fsp3) is 0.379. The molecule has 41 heavy (non-hydrogen) atoms. The zero-order valence-electron chi connectivity index (χ0n) is 23.1. The number of fused-ring (bicyclic) bond motifs is 3. The number of carbonyl (C=O) groups excluding carboxylic acids is 4. The van der Waals surface area contributed by atoms with E-state index in [-0.39, 0.29) is 41.9 Å². The predicted octanol–water partition coefficient (Wildman–Crippen LogP) is 3.05. The van der Waals surface area contributed by atoms with Gasteiger partial charge in [-0.3, -0.25) is 23.9 Å². The van der Waals surface area contributed by atoms with E-state index in [2.05, 4.69) is 21.8 Å².